The van der Waals surface area contributed by atoms with Gasteiger partial charge >= 0.3 is 6.18 Å². The molecule has 0 saturated heterocycles. The molecule has 2 rings (SSSR count). The van der Waals surface area contributed by atoms with E-state index in [0.717, 1.165) is 18.4 Å². The van der Waals surface area contributed by atoms with Gasteiger partial charge in [0.2, 0.25) is 0 Å². The molecule has 0 aromatic carbocycles. The number of aromatic nitrogens is 1. The number of alkyl halides is 3. The van der Waals surface area contributed by atoms with Crippen molar-refractivity contribution in [3.8, 4) is 0 Å². The van der Waals surface area contributed by atoms with E-state index in [1.165, 1.54) is 0 Å². The van der Waals surface area contributed by atoms with Gasteiger partial charge in [-0.2, -0.15) is 13.2 Å². The van der Waals surface area contributed by atoms with Gasteiger partial charge < -0.3 is 0 Å². The van der Waals surface area contributed by atoms with Crippen LogP contribution in [0.3, 0.4) is 0 Å². The molecular formula is C10H9BrF3N. The van der Waals surface area contributed by atoms with Crippen LogP contribution in [-0.4, -0.2) is 4.98 Å². The third-order valence-electron chi connectivity index (χ3n) is 2.69. The first kappa shape index (κ1) is 10.9. The highest BCUT2D eigenvalue weighted by Crippen LogP contribution is 2.38. The Morgan fingerprint density at radius 3 is 2.53 bits per heavy atom. The van der Waals surface area contributed by atoms with Crippen molar-refractivity contribution in [2.24, 2.45) is 0 Å². The minimum absolute atomic E-state index is 0.0932. The lowest BCUT2D eigenvalue weighted by Gasteiger charge is -2.13. The average molecular weight is 280 g/mol. The van der Waals surface area contributed by atoms with Crippen molar-refractivity contribution < 1.29 is 13.2 Å². The van der Waals surface area contributed by atoms with E-state index in [4.69, 9.17) is 0 Å². The Morgan fingerprint density at radius 2 is 1.93 bits per heavy atom. The van der Waals surface area contributed by atoms with E-state index >= 15 is 0 Å². The number of hydrogen-bond donors (Lipinski definition) is 0. The van der Waals surface area contributed by atoms with E-state index in [2.05, 4.69) is 20.9 Å². The van der Waals surface area contributed by atoms with Crippen LogP contribution in [0.1, 0.15) is 28.9 Å². The molecule has 0 bridgehead atoms. The average Bonchev–Trinajstić information content (AvgIpc) is 2.57. The summed E-state index contributed by atoms with van der Waals surface area (Å²) in [6.07, 6.45) is -1.98. The fraction of sp³-hybridized carbons (Fsp3) is 0.500. The van der Waals surface area contributed by atoms with Crippen molar-refractivity contribution in [2.75, 3.05) is 0 Å². The van der Waals surface area contributed by atoms with Gasteiger partial charge in [0.1, 0.15) is 0 Å². The van der Waals surface area contributed by atoms with Crippen LogP contribution in [0.25, 0.3) is 0 Å². The molecule has 0 amide bonds. The quantitative estimate of drug-likeness (QED) is 0.706. The van der Waals surface area contributed by atoms with Gasteiger partial charge in [-0.3, -0.25) is 0 Å². The van der Waals surface area contributed by atoms with Gasteiger partial charge in [0.05, 0.1) is 4.47 Å². The summed E-state index contributed by atoms with van der Waals surface area (Å²) in [5.74, 6) is 0. The van der Waals surface area contributed by atoms with Gasteiger partial charge in [0, 0.05) is 5.69 Å². The number of pyridine rings is 1. The molecule has 1 aromatic rings. The van der Waals surface area contributed by atoms with Crippen molar-refractivity contribution in [1.29, 1.82) is 0 Å². The van der Waals surface area contributed by atoms with Crippen LogP contribution < -0.4 is 0 Å². The SMILES string of the molecule is Cc1c(Br)c(C(F)(F)F)nc2c1CCC2. The van der Waals surface area contributed by atoms with Gasteiger partial charge in [-0.1, -0.05) is 0 Å². The first-order valence-corrected chi connectivity index (χ1v) is 5.45. The summed E-state index contributed by atoms with van der Waals surface area (Å²) >= 11 is 2.99. The van der Waals surface area contributed by atoms with Crippen LogP contribution in [0.5, 0.6) is 0 Å². The molecule has 82 valence electrons. The predicted octanol–water partition coefficient (Wildman–Crippen LogP) is 3.66. The van der Waals surface area contributed by atoms with Crippen LogP contribution >= 0.6 is 15.9 Å². The zero-order chi connectivity index (χ0) is 11.2. The maximum absolute atomic E-state index is 12.6. The monoisotopic (exact) mass is 279 g/mol. The van der Waals surface area contributed by atoms with E-state index in [1.54, 1.807) is 6.92 Å². The first-order chi connectivity index (χ1) is 6.91. The zero-order valence-electron chi connectivity index (χ0n) is 8.08. The highest BCUT2D eigenvalue weighted by atomic mass is 79.9. The smallest absolute Gasteiger partial charge is 0.247 e. The normalized spacial score (nSPS) is 15.5. The third-order valence-corrected chi connectivity index (χ3v) is 3.66. The molecule has 15 heavy (non-hydrogen) atoms. The molecule has 1 aliphatic carbocycles. The molecule has 0 spiro atoms. The van der Waals surface area contributed by atoms with Gasteiger partial charge in [-0.15, -0.1) is 0 Å². The number of fused-ring (bicyclic) bond motifs is 1. The molecule has 1 nitrogen and oxygen atoms in total. The van der Waals surface area contributed by atoms with Crippen molar-refractivity contribution in [1.82, 2.24) is 4.98 Å². The molecule has 0 fully saturated rings. The summed E-state index contributed by atoms with van der Waals surface area (Å²) in [7, 11) is 0. The van der Waals surface area contributed by atoms with E-state index in [-0.39, 0.29) is 4.47 Å². The summed E-state index contributed by atoms with van der Waals surface area (Å²) in [6.45, 7) is 1.71. The summed E-state index contributed by atoms with van der Waals surface area (Å²) in [6, 6.07) is 0. The Balaban J connectivity index is 2.64. The van der Waals surface area contributed by atoms with Gasteiger partial charge in [0.25, 0.3) is 0 Å². The van der Waals surface area contributed by atoms with Crippen LogP contribution in [0.15, 0.2) is 4.47 Å². The second-order valence-corrected chi connectivity index (χ2v) is 4.47. The topological polar surface area (TPSA) is 12.9 Å². The van der Waals surface area contributed by atoms with E-state index in [9.17, 15) is 13.2 Å². The van der Waals surface area contributed by atoms with Crippen molar-refractivity contribution in [2.45, 2.75) is 32.4 Å². The van der Waals surface area contributed by atoms with Gasteiger partial charge in [-0.05, 0) is 53.2 Å². The van der Waals surface area contributed by atoms with Crippen molar-refractivity contribution >= 4 is 15.9 Å². The van der Waals surface area contributed by atoms with Gasteiger partial charge in [-0.25, -0.2) is 4.98 Å². The molecule has 1 aliphatic rings. The maximum atomic E-state index is 12.6. The predicted molar refractivity (Wildman–Crippen MR) is 53.7 cm³/mol. The van der Waals surface area contributed by atoms with E-state index in [1.807, 2.05) is 0 Å². The fourth-order valence-corrected chi connectivity index (χ4v) is 2.49. The molecule has 0 radical (unpaired) electrons. The van der Waals surface area contributed by atoms with E-state index in [0.29, 0.717) is 17.7 Å². The van der Waals surface area contributed by atoms with E-state index < -0.39 is 11.9 Å². The number of rotatable bonds is 0. The molecule has 0 aliphatic heterocycles. The van der Waals surface area contributed by atoms with Crippen LogP contribution in [0.4, 0.5) is 13.2 Å². The minimum atomic E-state index is -4.37. The first-order valence-electron chi connectivity index (χ1n) is 4.66. The van der Waals surface area contributed by atoms with Gasteiger partial charge in [0.15, 0.2) is 5.69 Å². The van der Waals surface area contributed by atoms with Crippen LogP contribution in [0, 0.1) is 6.92 Å². The number of halogens is 4. The number of aryl methyl sites for hydroxylation is 1. The summed E-state index contributed by atoms with van der Waals surface area (Å²) in [5.41, 5.74) is 1.49. The standard InChI is InChI=1S/C10H9BrF3N/c1-5-6-3-2-4-7(6)15-9(8(5)11)10(12,13)14/h2-4H2,1H3. The summed E-state index contributed by atoms with van der Waals surface area (Å²) < 4.78 is 37.9. The van der Waals surface area contributed by atoms with Crippen molar-refractivity contribution in [3.63, 3.8) is 0 Å². The summed E-state index contributed by atoms with van der Waals surface area (Å²) in [4.78, 5) is 3.71. The largest absolute Gasteiger partial charge is 0.434 e. The van der Waals surface area contributed by atoms with Crippen molar-refractivity contribution in [3.05, 3.63) is 27.0 Å². The fourth-order valence-electron chi connectivity index (χ4n) is 1.94. The summed E-state index contributed by atoms with van der Waals surface area (Å²) in [5, 5.41) is 0. The lowest BCUT2D eigenvalue weighted by atomic mass is 10.1. The molecular weight excluding hydrogens is 271 g/mol. The molecule has 1 aromatic heterocycles. The van der Waals surface area contributed by atoms with Crippen LogP contribution in [-0.2, 0) is 19.0 Å². The Morgan fingerprint density at radius 1 is 1.27 bits per heavy atom. The second-order valence-electron chi connectivity index (χ2n) is 3.68. The maximum Gasteiger partial charge on any atom is 0.434 e. The lowest BCUT2D eigenvalue weighted by molar-refractivity contribution is -0.141. The Bertz CT molecular complexity index is 412. The Labute approximate surface area is 93.8 Å². The zero-order valence-corrected chi connectivity index (χ0v) is 9.67. The highest BCUT2D eigenvalue weighted by molar-refractivity contribution is 9.10. The molecule has 0 unspecified atom stereocenters. The third kappa shape index (κ3) is 1.77. The molecule has 5 heteroatoms. The lowest BCUT2D eigenvalue weighted by Crippen LogP contribution is -2.12. The molecule has 0 saturated carbocycles. The molecule has 1 heterocycles. The highest BCUT2D eigenvalue weighted by Gasteiger charge is 2.37. The molecule has 0 atom stereocenters. The Kier molecular flexibility index (Phi) is 2.53. The number of hydrogen-bond acceptors (Lipinski definition) is 1. The second kappa shape index (κ2) is 3.47. The Hall–Kier alpha value is -0.580. The van der Waals surface area contributed by atoms with Crippen LogP contribution in [0.2, 0.25) is 0 Å². The number of nitrogens with zero attached hydrogens (tertiary/aromatic N) is 1. The minimum Gasteiger partial charge on any atom is -0.247 e. The molecule has 0 N–H and O–H groups in total.